The summed E-state index contributed by atoms with van der Waals surface area (Å²) in [5, 5.41) is 120. The van der Waals surface area contributed by atoms with E-state index in [9.17, 15) is 61.0 Å². The normalized spacial score (nSPS) is 29.6. The number of unbranched alkanes of at least 4 members (excludes halogenated alkanes) is 29. The third-order valence-electron chi connectivity index (χ3n) is 16.4. The highest BCUT2D eigenvalue weighted by Crippen LogP contribution is 2.33. The molecule has 0 bridgehead atoms. The number of rotatable bonds is 49. The van der Waals surface area contributed by atoms with Gasteiger partial charge in [-0.05, 0) is 57.8 Å². The molecule has 3 rings (SSSR count). The van der Waals surface area contributed by atoms with Gasteiger partial charge in [-0.3, -0.25) is 4.79 Å². The predicted molar refractivity (Wildman–Crippen MR) is 319 cm³/mol. The molecule has 486 valence electrons. The third kappa shape index (κ3) is 30.2. The number of allylic oxidation sites excluding steroid dienone is 5. The van der Waals surface area contributed by atoms with Gasteiger partial charge in [0.05, 0.1) is 38.6 Å². The maximum absolute atomic E-state index is 13.3. The lowest BCUT2D eigenvalue weighted by Gasteiger charge is -2.48. The summed E-state index contributed by atoms with van der Waals surface area (Å²) in [6, 6.07) is -0.986. The summed E-state index contributed by atoms with van der Waals surface area (Å²) in [6.45, 7) is 1.65. The summed E-state index contributed by atoms with van der Waals surface area (Å²) in [5.74, 6) is -0.286. The Morgan fingerprint density at radius 3 is 1.23 bits per heavy atom. The van der Waals surface area contributed by atoms with Crippen LogP contribution in [0.4, 0.5) is 0 Å². The molecule has 0 radical (unpaired) electrons. The molecular weight excluding hydrogens is 1070 g/mol. The van der Waals surface area contributed by atoms with E-state index >= 15 is 0 Å². The van der Waals surface area contributed by atoms with Gasteiger partial charge in [0.2, 0.25) is 5.91 Å². The highest BCUT2D eigenvalue weighted by molar-refractivity contribution is 5.76. The summed E-state index contributed by atoms with van der Waals surface area (Å²) >= 11 is 0. The van der Waals surface area contributed by atoms with E-state index in [2.05, 4.69) is 43.5 Å². The Labute approximate surface area is 498 Å². The summed E-state index contributed by atoms with van der Waals surface area (Å²) < 4.78 is 34.2. The second kappa shape index (κ2) is 47.1. The van der Waals surface area contributed by atoms with Crippen LogP contribution in [0.2, 0.25) is 0 Å². The molecule has 3 saturated heterocycles. The van der Waals surface area contributed by atoms with E-state index in [-0.39, 0.29) is 18.9 Å². The Morgan fingerprint density at radius 2 is 0.771 bits per heavy atom. The number of carbonyl (C=O) groups is 1. The van der Waals surface area contributed by atoms with Crippen molar-refractivity contribution in [2.75, 3.05) is 26.4 Å². The van der Waals surface area contributed by atoms with Crippen LogP contribution < -0.4 is 5.32 Å². The van der Waals surface area contributed by atoms with Gasteiger partial charge in [0.15, 0.2) is 18.9 Å². The molecule has 0 aromatic carbocycles. The van der Waals surface area contributed by atoms with Gasteiger partial charge in [0.25, 0.3) is 0 Å². The molecular formula is C64H117NO18. The summed E-state index contributed by atoms with van der Waals surface area (Å²) in [4.78, 5) is 13.3. The Balaban J connectivity index is 1.36. The van der Waals surface area contributed by atoms with Crippen molar-refractivity contribution in [2.24, 2.45) is 0 Å². The largest absolute Gasteiger partial charge is 0.394 e. The zero-order valence-electron chi connectivity index (χ0n) is 50.9. The molecule has 19 heteroatoms. The molecule has 12 N–H and O–H groups in total. The maximum atomic E-state index is 13.3. The minimum atomic E-state index is -1.98. The Morgan fingerprint density at radius 1 is 0.422 bits per heavy atom. The molecule has 17 atom stereocenters. The quantitative estimate of drug-likeness (QED) is 0.0211. The van der Waals surface area contributed by atoms with E-state index in [0.29, 0.717) is 12.8 Å². The zero-order chi connectivity index (χ0) is 60.5. The number of aliphatic hydroxyl groups is 11. The van der Waals surface area contributed by atoms with Gasteiger partial charge in [-0.1, -0.05) is 204 Å². The van der Waals surface area contributed by atoms with E-state index in [1.807, 2.05) is 6.08 Å². The van der Waals surface area contributed by atoms with Crippen LogP contribution in [0.1, 0.15) is 232 Å². The van der Waals surface area contributed by atoms with E-state index in [0.717, 1.165) is 44.9 Å². The van der Waals surface area contributed by atoms with Crippen LogP contribution >= 0.6 is 0 Å². The molecule has 3 aliphatic heterocycles. The van der Waals surface area contributed by atoms with E-state index < -0.39 is 124 Å². The van der Waals surface area contributed by atoms with Crippen molar-refractivity contribution in [1.82, 2.24) is 5.32 Å². The number of nitrogens with one attached hydrogen (secondary N) is 1. The molecule has 3 fully saturated rings. The molecule has 3 aliphatic rings. The minimum absolute atomic E-state index is 0.237. The first-order valence-corrected chi connectivity index (χ1v) is 32.7. The highest BCUT2D eigenvalue weighted by atomic mass is 16.8. The fourth-order valence-corrected chi connectivity index (χ4v) is 11.0. The first-order chi connectivity index (χ1) is 40.3. The van der Waals surface area contributed by atoms with Gasteiger partial charge in [-0.2, -0.15) is 0 Å². The minimum Gasteiger partial charge on any atom is -0.394 e. The Bertz CT molecular complexity index is 1660. The smallest absolute Gasteiger partial charge is 0.220 e. The average Bonchev–Trinajstić information content (AvgIpc) is 3.25. The van der Waals surface area contributed by atoms with Crippen LogP contribution in [0.25, 0.3) is 0 Å². The van der Waals surface area contributed by atoms with Crippen LogP contribution in [-0.2, 0) is 33.2 Å². The van der Waals surface area contributed by atoms with Crippen molar-refractivity contribution in [1.29, 1.82) is 0 Å². The molecule has 17 unspecified atom stereocenters. The molecule has 0 saturated carbocycles. The van der Waals surface area contributed by atoms with Crippen LogP contribution in [0.15, 0.2) is 36.5 Å². The number of carbonyl (C=O) groups excluding carboxylic acids is 1. The monoisotopic (exact) mass is 1190 g/mol. The van der Waals surface area contributed by atoms with Crippen molar-refractivity contribution in [3.63, 3.8) is 0 Å². The lowest BCUT2D eigenvalue weighted by Crippen LogP contribution is -2.66. The van der Waals surface area contributed by atoms with Crippen LogP contribution in [0.5, 0.6) is 0 Å². The fraction of sp³-hybridized carbons (Fsp3) is 0.891. The standard InChI is InChI=1S/C64H117NO18/c1-3-5-7-9-11-13-14-15-16-17-18-19-20-21-22-23-24-25-26-27-28-29-30-31-32-34-36-38-40-42-52(70)65-47(48(69)41-39-37-35-33-12-10-8-6-4-2)46-78-62-58(76)55(73)60(50(44-67)80-62)83-64-59(77)56(74)61(51(45-68)81-64)82-63-57(75)54(72)53(71)49(43-66)79-63/h12,17-18,33,39,41,47-51,53-64,66-69,71-77H,3-11,13-16,19-32,34-38,40,42-46H2,1-2H3,(H,65,70)/b18-17-,33-12+,41-39+. The number of hydrogen-bond acceptors (Lipinski definition) is 18. The van der Waals surface area contributed by atoms with Gasteiger partial charge in [-0.25, -0.2) is 0 Å². The summed E-state index contributed by atoms with van der Waals surface area (Å²) in [7, 11) is 0. The van der Waals surface area contributed by atoms with E-state index in [4.69, 9.17) is 28.4 Å². The maximum Gasteiger partial charge on any atom is 0.220 e. The fourth-order valence-electron chi connectivity index (χ4n) is 11.0. The lowest BCUT2D eigenvalue weighted by molar-refractivity contribution is -0.379. The van der Waals surface area contributed by atoms with Crippen LogP contribution in [-0.4, -0.2) is 193 Å². The summed E-state index contributed by atoms with van der Waals surface area (Å²) in [5.41, 5.74) is 0. The van der Waals surface area contributed by atoms with Crippen LogP contribution in [0.3, 0.4) is 0 Å². The van der Waals surface area contributed by atoms with Crippen molar-refractivity contribution < 1.29 is 89.4 Å². The summed E-state index contributed by atoms with van der Waals surface area (Å²) in [6.07, 6.45) is 26.0. The molecule has 0 spiro atoms. The molecule has 0 aromatic heterocycles. The number of ether oxygens (including phenoxy) is 6. The second-order valence-corrected chi connectivity index (χ2v) is 23.6. The Kier molecular flexibility index (Phi) is 42.7. The topological polar surface area (TPSA) is 307 Å². The van der Waals surface area contributed by atoms with Crippen molar-refractivity contribution in [3.05, 3.63) is 36.5 Å². The van der Waals surface area contributed by atoms with Crippen LogP contribution in [0, 0.1) is 0 Å². The molecule has 83 heavy (non-hydrogen) atoms. The molecule has 0 aromatic rings. The highest BCUT2D eigenvalue weighted by Gasteiger charge is 2.53. The van der Waals surface area contributed by atoms with Gasteiger partial charge in [0, 0.05) is 6.42 Å². The van der Waals surface area contributed by atoms with Crippen molar-refractivity contribution in [2.45, 2.75) is 336 Å². The van der Waals surface area contributed by atoms with Gasteiger partial charge >= 0.3 is 0 Å². The number of aliphatic hydroxyl groups excluding tert-OH is 11. The van der Waals surface area contributed by atoms with Crippen molar-refractivity contribution in [3.8, 4) is 0 Å². The van der Waals surface area contributed by atoms with Gasteiger partial charge in [-0.15, -0.1) is 0 Å². The second-order valence-electron chi connectivity index (χ2n) is 23.6. The van der Waals surface area contributed by atoms with Gasteiger partial charge in [0.1, 0.15) is 73.2 Å². The first-order valence-electron chi connectivity index (χ1n) is 32.7. The zero-order valence-corrected chi connectivity index (χ0v) is 50.9. The molecule has 19 nitrogen and oxygen atoms in total. The number of amides is 1. The molecule has 1 amide bonds. The van der Waals surface area contributed by atoms with Gasteiger partial charge < -0.3 is 89.9 Å². The molecule has 3 heterocycles. The van der Waals surface area contributed by atoms with E-state index in [1.54, 1.807) is 6.08 Å². The average molecular weight is 1190 g/mol. The predicted octanol–water partition coefficient (Wildman–Crippen LogP) is 7.27. The molecule has 0 aliphatic carbocycles. The van der Waals surface area contributed by atoms with E-state index in [1.165, 1.54) is 154 Å². The Hall–Kier alpha value is -1.99. The first kappa shape index (κ1) is 75.3. The third-order valence-corrected chi connectivity index (χ3v) is 16.4. The number of hydrogen-bond donors (Lipinski definition) is 12. The SMILES string of the molecule is CCCCC/C=C/CC/C=C/C(O)C(COC1OC(CO)C(OC2OC(CO)C(OC3OC(CO)C(O)C(O)C3O)C(O)C2O)C(O)C1O)NC(=O)CCCCCCCCCCCCCCCCCCC/C=C\CCCCCCCCCC. The van der Waals surface area contributed by atoms with Crippen molar-refractivity contribution >= 4 is 5.91 Å². The lowest BCUT2D eigenvalue weighted by atomic mass is 9.96.